The maximum Gasteiger partial charge on any atom is 0.308 e. The number of fused-ring (bicyclic) bond motifs is 3. The van der Waals surface area contributed by atoms with Gasteiger partial charge in [-0.05, 0) is 6.42 Å². The van der Waals surface area contributed by atoms with E-state index < -0.39 is 6.67 Å². The average molecular weight is 230 g/mol. The lowest BCUT2D eigenvalue weighted by Crippen LogP contribution is -2.25. The van der Waals surface area contributed by atoms with Crippen molar-refractivity contribution in [1.29, 1.82) is 0 Å². The number of alkyl halides is 1. The molecule has 3 aliphatic heterocycles. The highest BCUT2D eigenvalue weighted by atomic mass is 19.1. The molecule has 3 heterocycles. The Morgan fingerprint density at radius 2 is 2.31 bits per heavy atom. The Balaban J connectivity index is 1.69. The minimum atomic E-state index is -0.391. The Morgan fingerprint density at radius 3 is 3.06 bits per heavy atom. The predicted octanol–water partition coefficient (Wildman–Crippen LogP) is 1.04. The molecule has 0 radical (unpaired) electrons. The maximum absolute atomic E-state index is 12.5. The number of hydrogen-bond acceptors (Lipinski definition) is 4. The van der Waals surface area contributed by atoms with Gasteiger partial charge >= 0.3 is 5.97 Å². The topological polar surface area (TPSA) is 44.8 Å². The highest BCUT2D eigenvalue weighted by Crippen LogP contribution is 2.45. The van der Waals surface area contributed by atoms with Crippen LogP contribution in [0.25, 0.3) is 0 Å². The molecule has 4 nitrogen and oxygen atoms in total. The van der Waals surface area contributed by atoms with Crippen LogP contribution in [0.15, 0.2) is 0 Å². The molecule has 0 spiro atoms. The van der Waals surface area contributed by atoms with Crippen molar-refractivity contribution in [2.24, 2.45) is 11.8 Å². The second kappa shape index (κ2) is 3.67. The van der Waals surface area contributed by atoms with E-state index in [4.69, 9.17) is 14.2 Å². The Labute approximate surface area is 93.0 Å². The summed E-state index contributed by atoms with van der Waals surface area (Å²) in [6.07, 6.45) is 0.315. The first-order chi connectivity index (χ1) is 7.69. The van der Waals surface area contributed by atoms with Crippen molar-refractivity contribution in [2.75, 3.05) is 6.67 Å². The molecule has 0 aromatic carbocycles. The molecule has 3 saturated heterocycles. The molecule has 5 heteroatoms. The van der Waals surface area contributed by atoms with E-state index in [1.54, 1.807) is 0 Å². The van der Waals surface area contributed by atoms with Gasteiger partial charge in [0, 0.05) is 5.92 Å². The van der Waals surface area contributed by atoms with Gasteiger partial charge in [-0.25, -0.2) is 0 Å². The number of ether oxygens (including phenoxy) is 3. The molecular weight excluding hydrogens is 215 g/mol. The molecule has 6 unspecified atom stereocenters. The van der Waals surface area contributed by atoms with E-state index in [2.05, 4.69) is 0 Å². The summed E-state index contributed by atoms with van der Waals surface area (Å²) in [5, 5.41) is 0. The van der Waals surface area contributed by atoms with Crippen LogP contribution in [0.3, 0.4) is 0 Å². The molecule has 0 bridgehead atoms. The standard InChI is InChI=1S/C11H15FO4/c1-5(4-12)7-2-6-10-8(3-9(13)16-10)15-11(6)14-7/h5-8,10-11H,2-4H2,1H3. The van der Waals surface area contributed by atoms with Gasteiger partial charge in [0.1, 0.15) is 12.2 Å². The van der Waals surface area contributed by atoms with Gasteiger partial charge in [0.25, 0.3) is 0 Å². The van der Waals surface area contributed by atoms with Gasteiger partial charge in [0.2, 0.25) is 0 Å². The Kier molecular flexibility index (Phi) is 2.40. The summed E-state index contributed by atoms with van der Waals surface area (Å²) < 4.78 is 29.0. The van der Waals surface area contributed by atoms with Crippen molar-refractivity contribution in [3.05, 3.63) is 0 Å². The number of esters is 1. The van der Waals surface area contributed by atoms with Crippen molar-refractivity contribution >= 4 is 5.97 Å². The zero-order chi connectivity index (χ0) is 11.3. The second-order valence-electron chi connectivity index (χ2n) is 4.91. The molecule has 3 aliphatic rings. The molecule has 0 aromatic rings. The third-order valence-corrected chi connectivity index (χ3v) is 3.77. The predicted molar refractivity (Wildman–Crippen MR) is 51.3 cm³/mol. The summed E-state index contributed by atoms with van der Waals surface area (Å²) in [5.74, 6) is -0.226. The van der Waals surface area contributed by atoms with Gasteiger partial charge in [-0.1, -0.05) is 6.92 Å². The van der Waals surface area contributed by atoms with Crippen LogP contribution in [0.4, 0.5) is 4.39 Å². The van der Waals surface area contributed by atoms with Crippen LogP contribution in [0, 0.1) is 11.8 Å². The van der Waals surface area contributed by atoms with Crippen molar-refractivity contribution in [3.8, 4) is 0 Å². The highest BCUT2D eigenvalue weighted by Gasteiger charge is 2.56. The quantitative estimate of drug-likeness (QED) is 0.665. The minimum absolute atomic E-state index is 0.0930. The van der Waals surface area contributed by atoms with Crippen LogP contribution in [-0.2, 0) is 19.0 Å². The maximum atomic E-state index is 12.5. The molecule has 0 aromatic heterocycles. The Morgan fingerprint density at radius 1 is 1.50 bits per heavy atom. The van der Waals surface area contributed by atoms with E-state index in [0.29, 0.717) is 6.42 Å². The van der Waals surface area contributed by atoms with Gasteiger partial charge in [-0.15, -0.1) is 0 Å². The molecule has 6 atom stereocenters. The van der Waals surface area contributed by atoms with Crippen LogP contribution >= 0.6 is 0 Å². The summed E-state index contributed by atoms with van der Waals surface area (Å²) in [7, 11) is 0. The summed E-state index contributed by atoms with van der Waals surface area (Å²) in [4.78, 5) is 11.1. The number of carbonyl (C=O) groups excluding carboxylic acids is 1. The molecule has 90 valence electrons. The van der Waals surface area contributed by atoms with Crippen LogP contribution in [0.1, 0.15) is 19.8 Å². The smallest absolute Gasteiger partial charge is 0.308 e. The van der Waals surface area contributed by atoms with Crippen molar-refractivity contribution in [2.45, 2.75) is 44.4 Å². The van der Waals surface area contributed by atoms with Crippen LogP contribution in [0.5, 0.6) is 0 Å². The summed E-state index contributed by atoms with van der Waals surface area (Å²) in [6, 6.07) is 0. The largest absolute Gasteiger partial charge is 0.459 e. The molecule has 0 saturated carbocycles. The first-order valence-electron chi connectivity index (χ1n) is 5.75. The number of rotatable bonds is 2. The summed E-state index contributed by atoms with van der Waals surface area (Å²) >= 11 is 0. The lowest BCUT2D eigenvalue weighted by atomic mass is 9.93. The minimum Gasteiger partial charge on any atom is -0.459 e. The molecular formula is C11H15FO4. The Hall–Kier alpha value is -0.680. The first kappa shape index (κ1) is 10.5. The molecule has 0 aliphatic carbocycles. The van der Waals surface area contributed by atoms with E-state index in [1.165, 1.54) is 0 Å². The van der Waals surface area contributed by atoms with Crippen LogP contribution in [0.2, 0.25) is 0 Å². The average Bonchev–Trinajstić information content (AvgIpc) is 2.86. The fourth-order valence-electron chi connectivity index (χ4n) is 2.81. The van der Waals surface area contributed by atoms with Crippen molar-refractivity contribution in [1.82, 2.24) is 0 Å². The number of carbonyl (C=O) groups is 1. The SMILES string of the molecule is CC(CF)C1CC2C(O1)OC1CC(=O)OC12. The van der Waals surface area contributed by atoms with Crippen LogP contribution < -0.4 is 0 Å². The number of hydrogen-bond donors (Lipinski definition) is 0. The third kappa shape index (κ3) is 1.45. The van der Waals surface area contributed by atoms with E-state index >= 15 is 0 Å². The van der Waals surface area contributed by atoms with Gasteiger partial charge in [-0.2, -0.15) is 0 Å². The van der Waals surface area contributed by atoms with E-state index in [-0.39, 0.29) is 42.4 Å². The normalized spacial score (nSPS) is 47.6. The molecule has 16 heavy (non-hydrogen) atoms. The van der Waals surface area contributed by atoms with Gasteiger partial charge in [0.15, 0.2) is 6.29 Å². The fourth-order valence-corrected chi connectivity index (χ4v) is 2.81. The highest BCUT2D eigenvalue weighted by molar-refractivity contribution is 5.72. The molecule has 0 amide bonds. The Bertz CT molecular complexity index is 308. The number of halogens is 1. The zero-order valence-corrected chi connectivity index (χ0v) is 9.10. The van der Waals surface area contributed by atoms with E-state index in [9.17, 15) is 9.18 Å². The lowest BCUT2D eigenvalue weighted by Gasteiger charge is -2.18. The molecule has 3 fully saturated rings. The lowest BCUT2D eigenvalue weighted by molar-refractivity contribution is -0.152. The third-order valence-electron chi connectivity index (χ3n) is 3.77. The van der Waals surface area contributed by atoms with Gasteiger partial charge in [-0.3, -0.25) is 9.18 Å². The van der Waals surface area contributed by atoms with E-state index in [0.717, 1.165) is 6.42 Å². The monoisotopic (exact) mass is 230 g/mol. The van der Waals surface area contributed by atoms with Gasteiger partial charge < -0.3 is 14.2 Å². The van der Waals surface area contributed by atoms with Crippen molar-refractivity contribution in [3.63, 3.8) is 0 Å². The molecule has 3 rings (SSSR count). The van der Waals surface area contributed by atoms with Crippen molar-refractivity contribution < 1.29 is 23.4 Å². The molecule has 0 N–H and O–H groups in total. The van der Waals surface area contributed by atoms with Crippen LogP contribution in [-0.4, -0.2) is 37.2 Å². The second-order valence-corrected chi connectivity index (χ2v) is 4.91. The zero-order valence-electron chi connectivity index (χ0n) is 9.10. The van der Waals surface area contributed by atoms with Gasteiger partial charge in [0.05, 0.1) is 25.1 Å². The fraction of sp³-hybridized carbons (Fsp3) is 0.909. The first-order valence-corrected chi connectivity index (χ1v) is 5.75. The summed E-state index contributed by atoms with van der Waals surface area (Å²) in [5.41, 5.74) is 0. The van der Waals surface area contributed by atoms with E-state index in [1.807, 2.05) is 6.92 Å². The summed E-state index contributed by atoms with van der Waals surface area (Å²) in [6.45, 7) is 1.43.